The van der Waals surface area contributed by atoms with Crippen LogP contribution in [0.5, 0.6) is 0 Å². The van der Waals surface area contributed by atoms with Gasteiger partial charge in [0, 0.05) is 31.7 Å². The first-order valence-electron chi connectivity index (χ1n) is 9.31. The van der Waals surface area contributed by atoms with Crippen molar-refractivity contribution >= 4 is 23.0 Å². The molecule has 2 heterocycles. The van der Waals surface area contributed by atoms with Crippen molar-refractivity contribution in [2.24, 2.45) is 16.0 Å². The van der Waals surface area contributed by atoms with Gasteiger partial charge in [-0.15, -0.1) is 0 Å². The van der Waals surface area contributed by atoms with Gasteiger partial charge in [-0.2, -0.15) is 0 Å². The molecule has 140 valence electrons. The Morgan fingerprint density at radius 1 is 1.31 bits per heavy atom. The molecule has 0 saturated heterocycles. The van der Waals surface area contributed by atoms with Crippen molar-refractivity contribution in [3.63, 3.8) is 0 Å². The number of rotatable bonds is 8. The number of imidazole rings is 1. The van der Waals surface area contributed by atoms with Crippen molar-refractivity contribution in [3.05, 3.63) is 30.6 Å². The molecule has 0 bridgehead atoms. The van der Waals surface area contributed by atoms with Crippen LogP contribution in [0.2, 0.25) is 0 Å². The average Bonchev–Trinajstić information content (AvgIpc) is 3.04. The average molecular weight is 358 g/mol. The first kappa shape index (κ1) is 18.3. The summed E-state index contributed by atoms with van der Waals surface area (Å²) in [5, 5.41) is 12.5. The molecule has 1 aliphatic rings. The largest absolute Gasteiger partial charge is 0.421 e. The fraction of sp³-hybridized carbons (Fsp3) is 0.500. The second-order valence-electron chi connectivity index (χ2n) is 6.58. The normalized spacial score (nSPS) is 13.9. The molecule has 2 aromatic rings. The number of nitrogens with two attached hydrogens (primary N) is 1. The Balaban J connectivity index is 1.83. The van der Waals surface area contributed by atoms with Crippen LogP contribution in [0, 0.1) is 0 Å². The Bertz CT molecular complexity index is 726. The van der Waals surface area contributed by atoms with E-state index in [0.717, 1.165) is 62.9 Å². The molecule has 3 rings (SSSR count). The summed E-state index contributed by atoms with van der Waals surface area (Å²) in [6.45, 7) is 5.26. The second kappa shape index (κ2) is 8.77. The number of anilines is 2. The highest BCUT2D eigenvalue weighted by atomic mass is 15.3. The lowest BCUT2D eigenvalue weighted by Gasteiger charge is -2.28. The Kier molecular flexibility index (Phi) is 6.19. The summed E-state index contributed by atoms with van der Waals surface area (Å²) in [5.41, 5.74) is 12.7. The predicted molar refractivity (Wildman–Crippen MR) is 103 cm³/mol. The van der Waals surface area contributed by atoms with Crippen molar-refractivity contribution in [3.8, 4) is 0 Å². The van der Waals surface area contributed by atoms with Gasteiger partial charge >= 0.3 is 5.95 Å². The molecular formula is C18H30N8+2. The SMILES string of the molecule is CN1CCNc2cc(N=Nc3n(CCCN)cc[n+]3CCC[NH3+])ccc21. The lowest BCUT2D eigenvalue weighted by molar-refractivity contribution is -0.686. The maximum Gasteiger partial charge on any atom is 0.421 e. The molecule has 0 unspecified atom stereocenters. The Hall–Kier alpha value is -2.45. The first-order chi connectivity index (χ1) is 12.7. The van der Waals surface area contributed by atoms with E-state index >= 15 is 0 Å². The molecule has 0 amide bonds. The van der Waals surface area contributed by atoms with Gasteiger partial charge in [0.25, 0.3) is 0 Å². The maximum atomic E-state index is 5.66. The first-order valence-corrected chi connectivity index (χ1v) is 9.31. The molecule has 8 heteroatoms. The minimum Gasteiger partial charge on any atom is -0.382 e. The number of hydrogen-bond acceptors (Lipinski definition) is 5. The van der Waals surface area contributed by atoms with Crippen LogP contribution in [0.3, 0.4) is 0 Å². The lowest BCUT2D eigenvalue weighted by atomic mass is 10.2. The van der Waals surface area contributed by atoms with Gasteiger partial charge in [-0.25, -0.2) is 9.13 Å². The molecule has 0 fully saturated rings. The number of quaternary nitrogens is 1. The van der Waals surface area contributed by atoms with Gasteiger partial charge in [0.15, 0.2) is 0 Å². The number of aryl methyl sites for hydroxylation is 2. The standard InChI is InChI=1S/C18H29N8/c1-24-11-8-21-16-14-15(4-5-17(16)24)22-23-18-25(9-2-6-19)12-13-26(18)10-3-7-20/h4-5,12-14,21H,2-3,6-11,19-20H2,1H3/q+1/p+1. The van der Waals surface area contributed by atoms with Crippen LogP contribution < -0.4 is 26.3 Å². The molecule has 1 aromatic heterocycles. The molecule has 0 spiro atoms. The summed E-state index contributed by atoms with van der Waals surface area (Å²) in [7, 11) is 2.11. The maximum absolute atomic E-state index is 5.66. The van der Waals surface area contributed by atoms with Crippen molar-refractivity contribution in [2.45, 2.75) is 25.9 Å². The second-order valence-corrected chi connectivity index (χ2v) is 6.58. The molecule has 0 radical (unpaired) electrons. The number of nitrogens with zero attached hydrogens (tertiary/aromatic N) is 5. The summed E-state index contributed by atoms with van der Waals surface area (Å²) < 4.78 is 4.25. The van der Waals surface area contributed by atoms with E-state index in [1.807, 2.05) is 6.07 Å². The topological polar surface area (TPSA) is 102 Å². The number of nitrogens with one attached hydrogen (secondary N) is 1. The molecule has 1 aliphatic heterocycles. The highest BCUT2D eigenvalue weighted by molar-refractivity contribution is 5.75. The minimum atomic E-state index is 0.664. The van der Waals surface area contributed by atoms with Crippen molar-refractivity contribution in [2.75, 3.05) is 43.4 Å². The van der Waals surface area contributed by atoms with Gasteiger partial charge in [0.1, 0.15) is 5.69 Å². The number of hydrogen-bond donors (Lipinski definition) is 3. The Labute approximate surface area is 154 Å². The lowest BCUT2D eigenvalue weighted by Crippen LogP contribution is -2.51. The van der Waals surface area contributed by atoms with Crippen LogP contribution in [-0.4, -0.2) is 37.8 Å². The highest BCUT2D eigenvalue weighted by Crippen LogP contribution is 2.32. The Morgan fingerprint density at radius 3 is 3.00 bits per heavy atom. The molecule has 6 N–H and O–H groups in total. The molecule has 0 aliphatic carbocycles. The van der Waals surface area contributed by atoms with Crippen LogP contribution in [-0.2, 0) is 13.1 Å². The van der Waals surface area contributed by atoms with E-state index < -0.39 is 0 Å². The third kappa shape index (κ3) is 4.20. The van der Waals surface area contributed by atoms with Crippen LogP contribution in [0.25, 0.3) is 0 Å². The fourth-order valence-electron chi connectivity index (χ4n) is 3.11. The fourth-order valence-corrected chi connectivity index (χ4v) is 3.11. The van der Waals surface area contributed by atoms with Crippen molar-refractivity contribution in [1.29, 1.82) is 0 Å². The third-order valence-corrected chi connectivity index (χ3v) is 4.60. The van der Waals surface area contributed by atoms with E-state index in [2.05, 4.69) is 66.9 Å². The van der Waals surface area contributed by atoms with Gasteiger partial charge in [0.05, 0.1) is 43.4 Å². The number of fused-ring (bicyclic) bond motifs is 1. The van der Waals surface area contributed by atoms with Gasteiger partial charge in [-0.1, -0.05) is 5.11 Å². The number of likely N-dealkylation sites (N-methyl/N-ethyl adjacent to an activating group) is 1. The molecule has 0 saturated carbocycles. The minimum absolute atomic E-state index is 0.664. The summed E-state index contributed by atoms with van der Waals surface area (Å²) in [6.07, 6.45) is 6.05. The van der Waals surface area contributed by atoms with Crippen LogP contribution in [0.1, 0.15) is 12.8 Å². The summed E-state index contributed by atoms with van der Waals surface area (Å²) in [6, 6.07) is 6.17. The zero-order chi connectivity index (χ0) is 18.4. The number of aromatic nitrogens is 2. The van der Waals surface area contributed by atoms with E-state index in [1.165, 1.54) is 5.69 Å². The third-order valence-electron chi connectivity index (χ3n) is 4.60. The van der Waals surface area contributed by atoms with E-state index in [-0.39, 0.29) is 0 Å². The molecular weight excluding hydrogens is 328 g/mol. The van der Waals surface area contributed by atoms with E-state index in [1.54, 1.807) is 0 Å². The smallest absolute Gasteiger partial charge is 0.382 e. The number of azo groups is 1. The number of benzene rings is 1. The monoisotopic (exact) mass is 358 g/mol. The van der Waals surface area contributed by atoms with E-state index in [0.29, 0.717) is 6.54 Å². The van der Waals surface area contributed by atoms with Gasteiger partial charge in [-0.05, 0) is 31.2 Å². The molecule has 8 nitrogen and oxygen atoms in total. The van der Waals surface area contributed by atoms with Crippen LogP contribution in [0.4, 0.5) is 23.0 Å². The zero-order valence-corrected chi connectivity index (χ0v) is 15.6. The Morgan fingerprint density at radius 2 is 2.19 bits per heavy atom. The summed E-state index contributed by atoms with van der Waals surface area (Å²) in [4.78, 5) is 2.25. The zero-order valence-electron chi connectivity index (χ0n) is 15.6. The van der Waals surface area contributed by atoms with Crippen LogP contribution in [0.15, 0.2) is 40.8 Å². The van der Waals surface area contributed by atoms with Crippen LogP contribution >= 0.6 is 0 Å². The van der Waals surface area contributed by atoms with E-state index in [4.69, 9.17) is 5.73 Å². The summed E-state index contributed by atoms with van der Waals surface area (Å²) in [5.74, 6) is 0.856. The predicted octanol–water partition coefficient (Wildman–Crippen LogP) is 1.03. The van der Waals surface area contributed by atoms with Gasteiger partial charge in [0.2, 0.25) is 0 Å². The molecule has 1 aromatic carbocycles. The van der Waals surface area contributed by atoms with Gasteiger partial charge in [-0.3, -0.25) is 0 Å². The summed E-state index contributed by atoms with van der Waals surface area (Å²) >= 11 is 0. The van der Waals surface area contributed by atoms with Gasteiger partial charge < -0.3 is 21.7 Å². The highest BCUT2D eigenvalue weighted by Gasteiger charge is 2.17. The van der Waals surface area contributed by atoms with Crippen molar-refractivity contribution < 1.29 is 10.3 Å². The van der Waals surface area contributed by atoms with E-state index in [9.17, 15) is 0 Å². The molecule has 0 atom stereocenters. The quantitative estimate of drug-likeness (QED) is 0.485. The van der Waals surface area contributed by atoms with Crippen molar-refractivity contribution in [1.82, 2.24) is 4.57 Å². The molecule has 26 heavy (non-hydrogen) atoms.